The van der Waals surface area contributed by atoms with Crippen molar-refractivity contribution < 1.29 is 9.53 Å². The zero-order valence-electron chi connectivity index (χ0n) is 11.3. The molecule has 2 rings (SSSR count). The molecule has 0 radical (unpaired) electrons. The first kappa shape index (κ1) is 15.8. The van der Waals surface area contributed by atoms with Crippen molar-refractivity contribution in [1.29, 1.82) is 0 Å². The first-order valence-corrected chi connectivity index (χ1v) is 6.49. The molecule has 1 aromatic carbocycles. The quantitative estimate of drug-likeness (QED) is 0.844. The molecule has 1 amide bonds. The van der Waals surface area contributed by atoms with Gasteiger partial charge in [-0.2, -0.15) is 0 Å². The Morgan fingerprint density at radius 1 is 1.42 bits per heavy atom. The number of carbonyl (C=O) groups excluding carboxylic acids is 1. The van der Waals surface area contributed by atoms with Crippen molar-refractivity contribution in [3.05, 3.63) is 24.3 Å². The maximum absolute atomic E-state index is 12.0. The highest BCUT2D eigenvalue weighted by Crippen LogP contribution is 2.24. The van der Waals surface area contributed by atoms with E-state index in [1.165, 1.54) is 12.8 Å². The number of para-hydroxylation sites is 2. The van der Waals surface area contributed by atoms with E-state index in [1.807, 2.05) is 38.1 Å². The van der Waals surface area contributed by atoms with Gasteiger partial charge < -0.3 is 15.4 Å². The Bertz CT molecular complexity index is 422. The molecule has 0 aromatic heterocycles. The molecule has 5 heteroatoms. The number of amides is 1. The Balaban J connectivity index is 0.00000180. The molecule has 1 fully saturated rings. The Morgan fingerprint density at radius 2 is 2.11 bits per heavy atom. The third-order valence-corrected chi connectivity index (χ3v) is 2.90. The fraction of sp³-hybridized carbons (Fsp3) is 0.500. The molecule has 0 spiro atoms. The fourth-order valence-corrected chi connectivity index (χ4v) is 1.77. The number of anilines is 1. The van der Waals surface area contributed by atoms with Crippen LogP contribution in [0.2, 0.25) is 0 Å². The van der Waals surface area contributed by atoms with E-state index in [0.29, 0.717) is 18.4 Å². The lowest BCUT2D eigenvalue weighted by atomic mass is 10.2. The van der Waals surface area contributed by atoms with Gasteiger partial charge in [0.05, 0.1) is 18.3 Å². The lowest BCUT2D eigenvalue weighted by molar-refractivity contribution is -0.117. The molecule has 1 aromatic rings. The van der Waals surface area contributed by atoms with E-state index in [9.17, 15) is 4.79 Å². The summed E-state index contributed by atoms with van der Waals surface area (Å²) in [6, 6.07) is 7.84. The summed E-state index contributed by atoms with van der Waals surface area (Å²) in [6.45, 7) is 4.40. The van der Waals surface area contributed by atoms with Gasteiger partial charge in [0.2, 0.25) is 5.91 Å². The number of hydrogen-bond acceptors (Lipinski definition) is 3. The molecule has 1 aliphatic carbocycles. The molecule has 0 heterocycles. The molecule has 2 N–H and O–H groups in total. The fourth-order valence-electron chi connectivity index (χ4n) is 1.77. The number of nitrogens with one attached hydrogen (secondary N) is 2. The van der Waals surface area contributed by atoms with Crippen molar-refractivity contribution in [2.24, 2.45) is 0 Å². The Morgan fingerprint density at radius 3 is 2.74 bits per heavy atom. The number of ether oxygens (including phenoxy) is 1. The second-order valence-electron chi connectivity index (χ2n) is 4.58. The highest BCUT2D eigenvalue weighted by Gasteiger charge is 2.25. The van der Waals surface area contributed by atoms with Crippen LogP contribution in [0.15, 0.2) is 24.3 Å². The van der Waals surface area contributed by atoms with Crippen molar-refractivity contribution in [2.75, 3.05) is 11.9 Å². The zero-order valence-corrected chi connectivity index (χ0v) is 12.1. The highest BCUT2D eigenvalue weighted by atomic mass is 35.5. The molecule has 1 saturated carbocycles. The summed E-state index contributed by atoms with van der Waals surface area (Å²) in [7, 11) is 0. The van der Waals surface area contributed by atoms with Gasteiger partial charge in [-0.05, 0) is 38.8 Å². The standard InChI is InChI=1S/C14H20N2O2.ClH/c1-3-18-13-7-5-4-6-12(13)16-14(17)10(2)15-11-8-9-11;/h4-7,10-11,15H,3,8-9H2,1-2H3,(H,16,17);1H. The molecule has 19 heavy (non-hydrogen) atoms. The van der Waals surface area contributed by atoms with Crippen molar-refractivity contribution in [3.63, 3.8) is 0 Å². The van der Waals surface area contributed by atoms with Crippen LogP contribution < -0.4 is 15.4 Å². The molecule has 4 nitrogen and oxygen atoms in total. The molecular formula is C14H21ClN2O2. The van der Waals surface area contributed by atoms with Crippen LogP contribution in [0.4, 0.5) is 5.69 Å². The van der Waals surface area contributed by atoms with Crippen LogP contribution >= 0.6 is 12.4 Å². The molecule has 0 saturated heterocycles. The summed E-state index contributed by atoms with van der Waals surface area (Å²) in [5.41, 5.74) is 0.730. The van der Waals surface area contributed by atoms with Crippen LogP contribution in [0, 0.1) is 0 Å². The average Bonchev–Trinajstić information content (AvgIpc) is 3.16. The summed E-state index contributed by atoms with van der Waals surface area (Å²) >= 11 is 0. The lowest BCUT2D eigenvalue weighted by Gasteiger charge is -2.15. The normalized spacial score (nSPS) is 15.3. The minimum Gasteiger partial charge on any atom is -0.492 e. The molecule has 106 valence electrons. The molecule has 1 aliphatic rings. The largest absolute Gasteiger partial charge is 0.492 e. The van der Waals surface area contributed by atoms with Crippen LogP contribution in [0.5, 0.6) is 5.75 Å². The monoisotopic (exact) mass is 284 g/mol. The van der Waals surface area contributed by atoms with Crippen LogP contribution in [-0.2, 0) is 4.79 Å². The van der Waals surface area contributed by atoms with Gasteiger partial charge in [-0.3, -0.25) is 4.79 Å². The molecule has 0 bridgehead atoms. The van der Waals surface area contributed by atoms with Gasteiger partial charge in [0, 0.05) is 6.04 Å². The van der Waals surface area contributed by atoms with E-state index in [0.717, 1.165) is 5.69 Å². The van der Waals surface area contributed by atoms with Crippen LogP contribution in [0.25, 0.3) is 0 Å². The smallest absolute Gasteiger partial charge is 0.241 e. The summed E-state index contributed by atoms with van der Waals surface area (Å²) in [6.07, 6.45) is 2.35. The molecular weight excluding hydrogens is 264 g/mol. The van der Waals surface area contributed by atoms with Crippen molar-refractivity contribution in [1.82, 2.24) is 5.32 Å². The van der Waals surface area contributed by atoms with Gasteiger partial charge in [0.25, 0.3) is 0 Å². The Kier molecular flexibility index (Phi) is 6.12. The van der Waals surface area contributed by atoms with Crippen molar-refractivity contribution in [3.8, 4) is 5.75 Å². The number of rotatable bonds is 6. The molecule has 1 unspecified atom stereocenters. The van der Waals surface area contributed by atoms with E-state index >= 15 is 0 Å². The predicted molar refractivity (Wildman–Crippen MR) is 79.1 cm³/mol. The predicted octanol–water partition coefficient (Wildman–Crippen LogP) is 2.59. The summed E-state index contributed by atoms with van der Waals surface area (Å²) < 4.78 is 5.48. The molecule has 1 atom stereocenters. The van der Waals surface area contributed by atoms with Gasteiger partial charge >= 0.3 is 0 Å². The van der Waals surface area contributed by atoms with Gasteiger partial charge in [-0.15, -0.1) is 12.4 Å². The van der Waals surface area contributed by atoms with Gasteiger partial charge in [0.1, 0.15) is 5.75 Å². The highest BCUT2D eigenvalue weighted by molar-refractivity contribution is 5.95. The summed E-state index contributed by atoms with van der Waals surface area (Å²) in [5.74, 6) is 0.695. The van der Waals surface area contributed by atoms with Gasteiger partial charge in [-0.1, -0.05) is 12.1 Å². The van der Waals surface area contributed by atoms with Crippen LogP contribution in [0.1, 0.15) is 26.7 Å². The van der Waals surface area contributed by atoms with Crippen molar-refractivity contribution >= 4 is 24.0 Å². The van der Waals surface area contributed by atoms with Crippen LogP contribution in [0.3, 0.4) is 0 Å². The first-order valence-electron chi connectivity index (χ1n) is 6.49. The Hall–Kier alpha value is -1.26. The third-order valence-electron chi connectivity index (χ3n) is 2.90. The third kappa shape index (κ3) is 4.73. The Labute approximate surface area is 120 Å². The van der Waals surface area contributed by atoms with E-state index < -0.39 is 0 Å². The van der Waals surface area contributed by atoms with Crippen molar-refractivity contribution in [2.45, 2.75) is 38.8 Å². The molecule has 0 aliphatic heterocycles. The van der Waals surface area contributed by atoms with E-state index in [4.69, 9.17) is 4.74 Å². The summed E-state index contributed by atoms with van der Waals surface area (Å²) in [5, 5.41) is 6.17. The van der Waals surface area contributed by atoms with E-state index in [2.05, 4.69) is 10.6 Å². The number of hydrogen-bond donors (Lipinski definition) is 2. The number of halogens is 1. The SMILES string of the molecule is CCOc1ccccc1NC(=O)C(C)NC1CC1.Cl. The van der Waals surface area contributed by atoms with E-state index in [1.54, 1.807) is 0 Å². The average molecular weight is 285 g/mol. The first-order chi connectivity index (χ1) is 8.70. The van der Waals surface area contributed by atoms with Gasteiger partial charge in [0.15, 0.2) is 0 Å². The minimum atomic E-state index is -0.174. The topological polar surface area (TPSA) is 50.4 Å². The van der Waals surface area contributed by atoms with E-state index in [-0.39, 0.29) is 24.4 Å². The van der Waals surface area contributed by atoms with Gasteiger partial charge in [-0.25, -0.2) is 0 Å². The maximum atomic E-state index is 12.0. The second kappa shape index (κ2) is 7.36. The minimum absolute atomic E-state index is 0. The maximum Gasteiger partial charge on any atom is 0.241 e. The van der Waals surface area contributed by atoms with Crippen LogP contribution in [-0.4, -0.2) is 24.6 Å². The number of carbonyl (C=O) groups is 1. The summed E-state index contributed by atoms with van der Waals surface area (Å²) in [4.78, 5) is 12.0. The zero-order chi connectivity index (χ0) is 13.0. The number of benzene rings is 1. The lowest BCUT2D eigenvalue weighted by Crippen LogP contribution is -2.39. The second-order valence-corrected chi connectivity index (χ2v) is 4.58.